The Morgan fingerprint density at radius 3 is 2.27 bits per heavy atom. The summed E-state index contributed by atoms with van der Waals surface area (Å²) in [6.07, 6.45) is 0. The van der Waals surface area contributed by atoms with Gasteiger partial charge >= 0.3 is 0 Å². The highest BCUT2D eigenvalue weighted by molar-refractivity contribution is 7.99. The molecule has 0 aliphatic carbocycles. The molecule has 0 amide bonds. The molecule has 0 aliphatic rings. The lowest BCUT2D eigenvalue weighted by molar-refractivity contribution is -0.123. The molecule has 0 bridgehead atoms. The molecule has 0 N–H and O–H groups in total. The number of thioether (sulfide) groups is 1. The molecule has 4 nitrogen and oxygen atoms in total. The number of carbonyl (C=O) groups excluding carboxylic acids is 1. The van der Waals surface area contributed by atoms with Gasteiger partial charge in [-0.05, 0) is 19.1 Å². The first-order valence-electron chi connectivity index (χ1n) is 8.60. The second kappa shape index (κ2) is 7.46. The van der Waals surface area contributed by atoms with Crippen molar-refractivity contribution in [3.8, 4) is 17.1 Å². The molecule has 0 saturated carbocycles. The third-order valence-corrected chi connectivity index (χ3v) is 5.06. The monoisotopic (exact) mass is 365 g/mol. The van der Waals surface area contributed by atoms with Crippen molar-refractivity contribution in [3.05, 3.63) is 60.2 Å². The van der Waals surface area contributed by atoms with E-state index in [2.05, 4.69) is 41.4 Å². The third-order valence-electron chi connectivity index (χ3n) is 4.13. The van der Waals surface area contributed by atoms with Crippen LogP contribution in [0.2, 0.25) is 0 Å². The van der Waals surface area contributed by atoms with Gasteiger partial charge in [0.1, 0.15) is 5.78 Å². The number of hydrogen-bond donors (Lipinski definition) is 0. The summed E-state index contributed by atoms with van der Waals surface area (Å²) in [4.78, 5) is 12.3. The van der Waals surface area contributed by atoms with Gasteiger partial charge in [-0.3, -0.25) is 9.36 Å². The molecular formula is C21H23N3OS. The molecule has 3 rings (SSSR count). The Morgan fingerprint density at radius 1 is 1.00 bits per heavy atom. The molecule has 0 saturated heterocycles. The van der Waals surface area contributed by atoms with Crippen LogP contribution < -0.4 is 0 Å². The molecule has 0 spiro atoms. The van der Waals surface area contributed by atoms with Gasteiger partial charge in [0.25, 0.3) is 0 Å². The lowest BCUT2D eigenvalue weighted by atomic mass is 9.92. The number of carbonyl (C=O) groups is 1. The van der Waals surface area contributed by atoms with Gasteiger partial charge in [0.2, 0.25) is 0 Å². The van der Waals surface area contributed by atoms with Crippen LogP contribution in [0.3, 0.4) is 0 Å². The zero-order valence-corrected chi connectivity index (χ0v) is 16.4. The quantitative estimate of drug-likeness (QED) is 0.600. The van der Waals surface area contributed by atoms with Crippen LogP contribution in [-0.4, -0.2) is 26.3 Å². The maximum absolute atomic E-state index is 12.3. The highest BCUT2D eigenvalue weighted by atomic mass is 32.2. The fourth-order valence-corrected chi connectivity index (χ4v) is 3.52. The normalized spacial score (nSPS) is 11.5. The minimum Gasteiger partial charge on any atom is -0.298 e. The third kappa shape index (κ3) is 4.05. The number of aromatic nitrogens is 3. The van der Waals surface area contributed by atoms with Crippen LogP contribution in [0.4, 0.5) is 0 Å². The maximum Gasteiger partial charge on any atom is 0.196 e. The van der Waals surface area contributed by atoms with Gasteiger partial charge in [0, 0.05) is 16.7 Å². The maximum atomic E-state index is 12.3. The van der Waals surface area contributed by atoms with Gasteiger partial charge in [-0.25, -0.2) is 0 Å². The van der Waals surface area contributed by atoms with Gasteiger partial charge in [-0.1, -0.05) is 80.6 Å². The largest absolute Gasteiger partial charge is 0.298 e. The van der Waals surface area contributed by atoms with Crippen molar-refractivity contribution in [1.29, 1.82) is 0 Å². The molecular weight excluding hydrogens is 342 g/mol. The summed E-state index contributed by atoms with van der Waals surface area (Å²) in [6, 6.07) is 18.2. The van der Waals surface area contributed by atoms with Crippen molar-refractivity contribution in [2.45, 2.75) is 32.9 Å². The molecule has 0 atom stereocenters. The fourth-order valence-electron chi connectivity index (χ4n) is 2.41. The minimum absolute atomic E-state index is 0.196. The summed E-state index contributed by atoms with van der Waals surface area (Å²) in [7, 11) is 0. The first-order chi connectivity index (χ1) is 12.4. The molecule has 0 unspecified atom stereocenters. The Balaban J connectivity index is 2.01. The van der Waals surface area contributed by atoms with E-state index in [-0.39, 0.29) is 11.2 Å². The summed E-state index contributed by atoms with van der Waals surface area (Å²) in [6.45, 7) is 7.88. The second-order valence-electron chi connectivity index (χ2n) is 7.31. The predicted molar refractivity (Wildman–Crippen MR) is 107 cm³/mol. The van der Waals surface area contributed by atoms with E-state index in [0.717, 1.165) is 22.2 Å². The highest BCUT2D eigenvalue weighted by Crippen LogP contribution is 2.29. The van der Waals surface area contributed by atoms with Crippen molar-refractivity contribution in [1.82, 2.24) is 14.8 Å². The van der Waals surface area contributed by atoms with E-state index in [9.17, 15) is 4.79 Å². The highest BCUT2D eigenvalue weighted by Gasteiger charge is 2.23. The zero-order chi connectivity index (χ0) is 18.7. The van der Waals surface area contributed by atoms with E-state index < -0.39 is 0 Å². The van der Waals surface area contributed by atoms with Crippen LogP contribution in [0.25, 0.3) is 17.1 Å². The van der Waals surface area contributed by atoms with E-state index in [1.807, 2.05) is 55.7 Å². The molecule has 3 aromatic rings. The Hall–Kier alpha value is -2.40. The second-order valence-corrected chi connectivity index (χ2v) is 8.25. The number of ketones is 1. The Labute approximate surface area is 158 Å². The topological polar surface area (TPSA) is 47.8 Å². The lowest BCUT2D eigenvalue weighted by Crippen LogP contribution is -2.22. The zero-order valence-electron chi connectivity index (χ0n) is 15.6. The van der Waals surface area contributed by atoms with Crippen molar-refractivity contribution in [2.75, 3.05) is 5.75 Å². The summed E-state index contributed by atoms with van der Waals surface area (Å²) >= 11 is 1.44. The number of hydrogen-bond acceptors (Lipinski definition) is 4. The van der Waals surface area contributed by atoms with Crippen LogP contribution in [0.5, 0.6) is 0 Å². The van der Waals surface area contributed by atoms with Gasteiger partial charge in [0.15, 0.2) is 11.0 Å². The Bertz CT molecular complexity index is 893. The molecule has 26 heavy (non-hydrogen) atoms. The van der Waals surface area contributed by atoms with Crippen LogP contribution in [-0.2, 0) is 4.79 Å². The number of aryl methyl sites for hydroxylation is 1. The summed E-state index contributed by atoms with van der Waals surface area (Å²) in [5.74, 6) is 1.35. The summed E-state index contributed by atoms with van der Waals surface area (Å²) < 4.78 is 2.02. The van der Waals surface area contributed by atoms with Crippen LogP contribution >= 0.6 is 11.8 Å². The molecule has 2 aromatic carbocycles. The standard InChI is InChI=1S/C21H23N3OS/c1-15-10-12-17(13-11-15)24-19(16-8-6-5-7-9-16)22-23-20(24)26-14-18(25)21(2,3)4/h5-13H,14H2,1-4H3. The van der Waals surface area contributed by atoms with Gasteiger partial charge in [0.05, 0.1) is 5.75 Å². The van der Waals surface area contributed by atoms with Crippen LogP contribution in [0.1, 0.15) is 26.3 Å². The van der Waals surface area contributed by atoms with E-state index in [0.29, 0.717) is 5.75 Å². The van der Waals surface area contributed by atoms with Gasteiger partial charge < -0.3 is 0 Å². The van der Waals surface area contributed by atoms with Crippen molar-refractivity contribution in [2.24, 2.45) is 5.41 Å². The molecule has 5 heteroatoms. The molecule has 0 radical (unpaired) electrons. The van der Waals surface area contributed by atoms with E-state index in [1.165, 1.54) is 17.3 Å². The van der Waals surface area contributed by atoms with Crippen molar-refractivity contribution < 1.29 is 4.79 Å². The van der Waals surface area contributed by atoms with Gasteiger partial charge in [-0.15, -0.1) is 10.2 Å². The summed E-state index contributed by atoms with van der Waals surface area (Å²) in [5.41, 5.74) is 2.82. The van der Waals surface area contributed by atoms with Crippen LogP contribution in [0.15, 0.2) is 59.8 Å². The van der Waals surface area contributed by atoms with Crippen molar-refractivity contribution >= 4 is 17.5 Å². The number of benzene rings is 2. The first-order valence-corrected chi connectivity index (χ1v) is 9.59. The molecule has 1 aromatic heterocycles. The van der Waals surface area contributed by atoms with E-state index in [1.54, 1.807) is 0 Å². The fraction of sp³-hybridized carbons (Fsp3) is 0.286. The SMILES string of the molecule is Cc1ccc(-n2c(SCC(=O)C(C)(C)C)nnc2-c2ccccc2)cc1. The first kappa shape index (κ1) is 18.4. The van der Waals surface area contributed by atoms with Gasteiger partial charge in [-0.2, -0.15) is 0 Å². The average molecular weight is 366 g/mol. The molecule has 0 aliphatic heterocycles. The van der Waals surface area contributed by atoms with Crippen molar-refractivity contribution in [3.63, 3.8) is 0 Å². The number of rotatable bonds is 5. The average Bonchev–Trinajstić information content (AvgIpc) is 3.04. The number of nitrogens with zero attached hydrogens (tertiary/aromatic N) is 3. The Kier molecular flexibility index (Phi) is 5.28. The molecule has 1 heterocycles. The Morgan fingerprint density at radius 2 is 1.65 bits per heavy atom. The molecule has 0 fully saturated rings. The van der Waals surface area contributed by atoms with E-state index >= 15 is 0 Å². The van der Waals surface area contributed by atoms with E-state index in [4.69, 9.17) is 0 Å². The molecule has 134 valence electrons. The predicted octanol–water partition coefficient (Wildman–Crippen LogP) is 4.95. The lowest BCUT2D eigenvalue weighted by Gasteiger charge is -2.16. The smallest absolute Gasteiger partial charge is 0.196 e. The number of Topliss-reactive ketones (excluding diaryl/α,β-unsaturated/α-hetero) is 1. The van der Waals surface area contributed by atoms with Crippen LogP contribution in [0, 0.1) is 12.3 Å². The summed E-state index contributed by atoms with van der Waals surface area (Å²) in [5, 5.41) is 9.50. The minimum atomic E-state index is -0.357.